The lowest BCUT2D eigenvalue weighted by molar-refractivity contribution is -0.139. The van der Waals surface area contributed by atoms with E-state index < -0.39 is 17.5 Å². The topological polar surface area (TPSA) is 79.0 Å². The summed E-state index contributed by atoms with van der Waals surface area (Å²) in [6.07, 6.45) is 0. The molecule has 7 nitrogen and oxygen atoms in total. The predicted octanol–water partition coefficient (Wildman–Crippen LogP) is 2.65. The zero-order valence-electron chi connectivity index (χ0n) is 15.8. The molecule has 4 rings (SSSR count). The molecule has 0 unspecified atom stereocenters. The largest absolute Gasteiger partial charge is 0.457 e. The van der Waals surface area contributed by atoms with Crippen LogP contribution in [0.25, 0.3) is 0 Å². The number of hydrogen-bond acceptors (Lipinski definition) is 4. The van der Waals surface area contributed by atoms with Crippen LogP contribution in [0.1, 0.15) is 25.0 Å². The van der Waals surface area contributed by atoms with Crippen LogP contribution < -0.4 is 10.1 Å². The molecule has 0 saturated carbocycles. The first kappa shape index (κ1) is 18.0. The third-order valence-electron chi connectivity index (χ3n) is 4.98. The van der Waals surface area contributed by atoms with Gasteiger partial charge in [-0.05, 0) is 26.0 Å². The van der Waals surface area contributed by atoms with Crippen LogP contribution in [0, 0.1) is 0 Å². The van der Waals surface area contributed by atoms with Gasteiger partial charge in [-0.15, -0.1) is 0 Å². The Morgan fingerprint density at radius 3 is 2.04 bits per heavy atom. The molecule has 2 aromatic carbocycles. The van der Waals surface area contributed by atoms with Crippen molar-refractivity contribution in [3.8, 4) is 11.5 Å². The Morgan fingerprint density at radius 1 is 1.00 bits per heavy atom. The highest BCUT2D eigenvalue weighted by atomic mass is 16.5. The lowest BCUT2D eigenvalue weighted by Crippen LogP contribution is -2.44. The zero-order chi connectivity index (χ0) is 19.9. The monoisotopic (exact) mass is 379 g/mol. The third-order valence-corrected chi connectivity index (χ3v) is 4.98. The van der Waals surface area contributed by atoms with E-state index in [1.54, 1.807) is 18.7 Å². The molecule has 1 fully saturated rings. The summed E-state index contributed by atoms with van der Waals surface area (Å²) in [6.45, 7) is 3.61. The Hall–Kier alpha value is -3.35. The molecule has 0 aliphatic carbocycles. The predicted molar refractivity (Wildman–Crippen MR) is 102 cm³/mol. The number of imide groups is 1. The van der Waals surface area contributed by atoms with Crippen LogP contribution in [0.5, 0.6) is 11.5 Å². The minimum absolute atomic E-state index is 0.292. The van der Waals surface area contributed by atoms with E-state index in [1.165, 1.54) is 0 Å². The van der Waals surface area contributed by atoms with E-state index in [1.807, 2.05) is 48.5 Å². The molecule has 0 radical (unpaired) electrons. The molecule has 1 saturated heterocycles. The van der Waals surface area contributed by atoms with Crippen molar-refractivity contribution >= 4 is 17.8 Å². The van der Waals surface area contributed by atoms with Gasteiger partial charge in [0, 0.05) is 24.2 Å². The maximum absolute atomic E-state index is 13.1. The standard InChI is InChI=1S/C21H21N3O4/c1-21(2)19(26)24(20(27)22-21)13-18(25)23-11-14-7-3-5-9-16(14)28-17-10-6-4-8-15(17)12-23/h3-10H,11-13H2,1-2H3,(H,22,27). The maximum Gasteiger partial charge on any atom is 0.325 e. The van der Waals surface area contributed by atoms with Gasteiger partial charge in [0.15, 0.2) is 0 Å². The summed E-state index contributed by atoms with van der Waals surface area (Å²) >= 11 is 0. The second-order valence-electron chi connectivity index (χ2n) is 7.51. The van der Waals surface area contributed by atoms with Gasteiger partial charge in [-0.25, -0.2) is 4.79 Å². The number of benzene rings is 2. The molecular formula is C21H21N3O4. The lowest BCUT2D eigenvalue weighted by atomic mass is 10.1. The highest BCUT2D eigenvalue weighted by Crippen LogP contribution is 2.32. The number of carbonyl (C=O) groups is 3. The van der Waals surface area contributed by atoms with Crippen LogP contribution in [0.2, 0.25) is 0 Å². The van der Waals surface area contributed by atoms with Crippen molar-refractivity contribution < 1.29 is 19.1 Å². The fourth-order valence-electron chi connectivity index (χ4n) is 3.43. The minimum Gasteiger partial charge on any atom is -0.457 e. The van der Waals surface area contributed by atoms with Crippen LogP contribution in [0.15, 0.2) is 48.5 Å². The number of ether oxygens (including phenoxy) is 1. The summed E-state index contributed by atoms with van der Waals surface area (Å²) in [7, 11) is 0. The number of rotatable bonds is 2. The van der Waals surface area contributed by atoms with E-state index in [2.05, 4.69) is 5.32 Å². The summed E-state index contributed by atoms with van der Waals surface area (Å²) in [5.74, 6) is 0.668. The summed E-state index contributed by atoms with van der Waals surface area (Å²) in [6, 6.07) is 14.5. The highest BCUT2D eigenvalue weighted by Gasteiger charge is 2.45. The van der Waals surface area contributed by atoms with Crippen LogP contribution in [-0.4, -0.2) is 39.7 Å². The van der Waals surface area contributed by atoms with Gasteiger partial charge in [-0.3, -0.25) is 14.5 Å². The van der Waals surface area contributed by atoms with E-state index in [0.717, 1.165) is 16.0 Å². The van der Waals surface area contributed by atoms with Gasteiger partial charge in [0.1, 0.15) is 23.6 Å². The molecule has 0 bridgehead atoms. The smallest absolute Gasteiger partial charge is 0.325 e. The van der Waals surface area contributed by atoms with Gasteiger partial charge in [0.25, 0.3) is 5.91 Å². The van der Waals surface area contributed by atoms with E-state index in [-0.39, 0.29) is 12.5 Å². The van der Waals surface area contributed by atoms with Crippen LogP contribution in [-0.2, 0) is 22.7 Å². The molecule has 0 atom stereocenters. The fourth-order valence-corrected chi connectivity index (χ4v) is 3.43. The molecule has 0 aromatic heterocycles. The number of fused-ring (bicyclic) bond motifs is 2. The summed E-state index contributed by atoms with van der Waals surface area (Å²) in [5, 5.41) is 2.60. The Bertz CT molecular complexity index is 922. The van der Waals surface area contributed by atoms with Crippen molar-refractivity contribution in [3.05, 3.63) is 59.7 Å². The van der Waals surface area contributed by atoms with Gasteiger partial charge in [-0.2, -0.15) is 0 Å². The molecule has 144 valence electrons. The number of amides is 4. The molecule has 2 aliphatic rings. The number of para-hydroxylation sites is 2. The summed E-state index contributed by atoms with van der Waals surface area (Å²) < 4.78 is 6.04. The fraction of sp³-hybridized carbons (Fsp3) is 0.286. The van der Waals surface area contributed by atoms with Crippen molar-refractivity contribution in [2.45, 2.75) is 32.5 Å². The third kappa shape index (κ3) is 3.19. The second-order valence-corrected chi connectivity index (χ2v) is 7.51. The number of nitrogens with zero attached hydrogens (tertiary/aromatic N) is 2. The Balaban J connectivity index is 1.63. The van der Waals surface area contributed by atoms with Gasteiger partial charge >= 0.3 is 6.03 Å². The lowest BCUT2D eigenvalue weighted by Gasteiger charge is -2.29. The number of carbonyl (C=O) groups excluding carboxylic acids is 3. The van der Waals surface area contributed by atoms with Crippen LogP contribution in [0.4, 0.5) is 4.79 Å². The molecule has 0 spiro atoms. The Morgan fingerprint density at radius 2 is 1.54 bits per heavy atom. The quantitative estimate of drug-likeness (QED) is 0.814. The van der Waals surface area contributed by atoms with Crippen molar-refractivity contribution in [2.24, 2.45) is 0 Å². The van der Waals surface area contributed by atoms with Crippen molar-refractivity contribution in [2.75, 3.05) is 6.54 Å². The van der Waals surface area contributed by atoms with Crippen molar-refractivity contribution in [3.63, 3.8) is 0 Å². The maximum atomic E-state index is 13.1. The number of nitrogens with one attached hydrogen (secondary N) is 1. The molecule has 2 aliphatic heterocycles. The van der Waals surface area contributed by atoms with Crippen LogP contribution in [0.3, 0.4) is 0 Å². The first-order valence-electron chi connectivity index (χ1n) is 9.11. The highest BCUT2D eigenvalue weighted by molar-refractivity contribution is 6.08. The zero-order valence-corrected chi connectivity index (χ0v) is 15.8. The first-order chi connectivity index (χ1) is 13.3. The first-order valence-corrected chi connectivity index (χ1v) is 9.11. The van der Waals surface area contributed by atoms with E-state index >= 15 is 0 Å². The van der Waals surface area contributed by atoms with E-state index in [9.17, 15) is 14.4 Å². The molecule has 28 heavy (non-hydrogen) atoms. The van der Waals surface area contributed by atoms with Gasteiger partial charge in [-0.1, -0.05) is 36.4 Å². The average molecular weight is 379 g/mol. The van der Waals surface area contributed by atoms with Gasteiger partial charge < -0.3 is 15.0 Å². The number of urea groups is 1. The van der Waals surface area contributed by atoms with Gasteiger partial charge in [0.2, 0.25) is 5.91 Å². The summed E-state index contributed by atoms with van der Waals surface area (Å²) in [5.41, 5.74) is 0.728. The average Bonchev–Trinajstić information content (AvgIpc) is 2.83. The molecule has 1 N–H and O–H groups in total. The van der Waals surface area contributed by atoms with Crippen molar-refractivity contribution in [1.29, 1.82) is 0 Å². The second kappa shape index (κ2) is 6.67. The minimum atomic E-state index is -0.999. The van der Waals surface area contributed by atoms with E-state index in [0.29, 0.717) is 24.6 Å². The Kier molecular flexibility index (Phi) is 4.30. The van der Waals surface area contributed by atoms with Gasteiger partial charge in [0.05, 0.1) is 0 Å². The van der Waals surface area contributed by atoms with Crippen LogP contribution >= 0.6 is 0 Å². The molecular weight excluding hydrogens is 358 g/mol. The van der Waals surface area contributed by atoms with E-state index in [4.69, 9.17) is 4.74 Å². The Labute approximate surface area is 162 Å². The number of hydrogen-bond donors (Lipinski definition) is 1. The normalized spacial score (nSPS) is 17.8. The molecule has 2 aromatic rings. The molecule has 7 heteroatoms. The SMILES string of the molecule is CC1(C)NC(=O)N(CC(=O)N2Cc3ccccc3Oc3ccccc3C2)C1=O. The molecule has 2 heterocycles. The molecule has 4 amide bonds. The van der Waals surface area contributed by atoms with Crippen molar-refractivity contribution in [1.82, 2.24) is 15.1 Å². The summed E-state index contributed by atoms with van der Waals surface area (Å²) in [4.78, 5) is 40.2.